The molecule has 0 radical (unpaired) electrons. The molecule has 1 aliphatic heterocycles. The Labute approximate surface area is 153 Å². The van der Waals surface area contributed by atoms with Crippen molar-refractivity contribution in [2.75, 3.05) is 33.9 Å². The van der Waals surface area contributed by atoms with Gasteiger partial charge in [-0.1, -0.05) is 12.1 Å². The second-order valence-corrected chi connectivity index (χ2v) is 6.75. The number of benzene rings is 1. The topological polar surface area (TPSA) is 80.3 Å². The van der Waals surface area contributed by atoms with E-state index in [0.717, 1.165) is 29.4 Å². The van der Waals surface area contributed by atoms with Crippen LogP contribution < -0.4 is 4.74 Å². The highest BCUT2D eigenvalue weighted by Crippen LogP contribution is 2.31. The van der Waals surface area contributed by atoms with Crippen LogP contribution in [0.15, 0.2) is 24.3 Å². The Balaban J connectivity index is 1.60. The Morgan fingerprint density at radius 3 is 2.65 bits per heavy atom. The van der Waals surface area contributed by atoms with Crippen LogP contribution in [0.5, 0.6) is 5.75 Å². The maximum atomic E-state index is 12.7. The van der Waals surface area contributed by atoms with Crippen LogP contribution in [0.25, 0.3) is 0 Å². The van der Waals surface area contributed by atoms with E-state index in [0.29, 0.717) is 26.1 Å². The van der Waals surface area contributed by atoms with Gasteiger partial charge in [0.2, 0.25) is 5.91 Å². The van der Waals surface area contributed by atoms with Crippen LogP contribution in [-0.2, 0) is 16.0 Å². The molecule has 1 aliphatic rings. The third kappa shape index (κ3) is 4.22. The van der Waals surface area contributed by atoms with Crippen LogP contribution in [-0.4, -0.2) is 59.9 Å². The number of aromatic nitrogens is 3. The lowest BCUT2D eigenvalue weighted by Gasteiger charge is -2.16. The number of ether oxygens (including phenoxy) is 2. The Morgan fingerprint density at radius 2 is 2.04 bits per heavy atom. The summed E-state index contributed by atoms with van der Waals surface area (Å²) in [6.45, 7) is 3.81. The van der Waals surface area contributed by atoms with E-state index in [9.17, 15) is 4.79 Å². The van der Waals surface area contributed by atoms with Crippen LogP contribution >= 0.6 is 0 Å². The monoisotopic (exact) mass is 358 g/mol. The minimum absolute atomic E-state index is 0.116. The largest absolute Gasteiger partial charge is 0.497 e. The Morgan fingerprint density at radius 1 is 1.27 bits per heavy atom. The summed E-state index contributed by atoms with van der Waals surface area (Å²) < 4.78 is 10.5. The molecule has 0 spiro atoms. The fraction of sp³-hybridized carbons (Fsp3) is 0.526. The number of methoxy groups -OCH3 is 2. The summed E-state index contributed by atoms with van der Waals surface area (Å²) in [5.41, 5.74) is 1.13. The Kier molecular flexibility index (Phi) is 5.88. The SMILES string of the molecule is COCC1CN(C(=O)CCc2ccc(OC)cc2)CC1c1n[nH]c(C)n1. The first kappa shape index (κ1) is 18.4. The van der Waals surface area contributed by atoms with E-state index < -0.39 is 0 Å². The van der Waals surface area contributed by atoms with E-state index in [1.54, 1.807) is 14.2 Å². The summed E-state index contributed by atoms with van der Waals surface area (Å²) in [5, 5.41) is 7.19. The molecule has 7 heteroatoms. The van der Waals surface area contributed by atoms with Gasteiger partial charge in [0.15, 0.2) is 5.82 Å². The van der Waals surface area contributed by atoms with Gasteiger partial charge in [-0.2, -0.15) is 5.10 Å². The molecule has 140 valence electrons. The summed E-state index contributed by atoms with van der Waals surface area (Å²) in [7, 11) is 3.34. The number of carbonyl (C=O) groups is 1. The first-order chi connectivity index (χ1) is 12.6. The molecule has 7 nitrogen and oxygen atoms in total. The van der Waals surface area contributed by atoms with Crippen LogP contribution in [0.2, 0.25) is 0 Å². The predicted molar refractivity (Wildman–Crippen MR) is 97.1 cm³/mol. The van der Waals surface area contributed by atoms with Crippen molar-refractivity contribution in [3.8, 4) is 5.75 Å². The van der Waals surface area contributed by atoms with Gasteiger partial charge < -0.3 is 14.4 Å². The number of carbonyl (C=O) groups excluding carboxylic acids is 1. The molecule has 0 aliphatic carbocycles. The van der Waals surface area contributed by atoms with Gasteiger partial charge in [-0.25, -0.2) is 4.98 Å². The fourth-order valence-electron chi connectivity index (χ4n) is 3.48. The number of hydrogen-bond acceptors (Lipinski definition) is 5. The average molecular weight is 358 g/mol. The molecule has 3 rings (SSSR count). The summed E-state index contributed by atoms with van der Waals surface area (Å²) in [5.74, 6) is 2.89. The number of nitrogens with zero attached hydrogens (tertiary/aromatic N) is 3. The molecule has 1 N–H and O–H groups in total. The van der Waals surface area contributed by atoms with Gasteiger partial charge in [0, 0.05) is 38.5 Å². The van der Waals surface area contributed by atoms with Crippen LogP contribution in [0.4, 0.5) is 0 Å². The summed E-state index contributed by atoms with van der Waals surface area (Å²) >= 11 is 0. The fourth-order valence-corrected chi connectivity index (χ4v) is 3.48. The van der Waals surface area contributed by atoms with Crippen molar-refractivity contribution >= 4 is 5.91 Å². The molecule has 2 heterocycles. The van der Waals surface area contributed by atoms with Crippen LogP contribution in [0.3, 0.4) is 0 Å². The lowest BCUT2D eigenvalue weighted by Crippen LogP contribution is -2.29. The number of amides is 1. The number of rotatable bonds is 7. The molecular weight excluding hydrogens is 332 g/mol. The number of aryl methyl sites for hydroxylation is 2. The normalized spacial score (nSPS) is 19.7. The van der Waals surface area contributed by atoms with Crippen molar-refractivity contribution in [1.82, 2.24) is 20.1 Å². The summed E-state index contributed by atoms with van der Waals surface area (Å²) in [6.07, 6.45) is 1.21. The molecule has 2 unspecified atom stereocenters. The first-order valence-electron chi connectivity index (χ1n) is 8.89. The minimum Gasteiger partial charge on any atom is -0.497 e. The van der Waals surface area contributed by atoms with Crippen molar-refractivity contribution < 1.29 is 14.3 Å². The highest BCUT2D eigenvalue weighted by Gasteiger charge is 2.38. The first-order valence-corrected chi connectivity index (χ1v) is 8.89. The molecular formula is C19H26N4O3. The molecule has 2 aromatic rings. The zero-order valence-corrected chi connectivity index (χ0v) is 15.6. The van der Waals surface area contributed by atoms with Crippen molar-refractivity contribution in [2.45, 2.75) is 25.7 Å². The second-order valence-electron chi connectivity index (χ2n) is 6.75. The van der Waals surface area contributed by atoms with Gasteiger partial charge in [-0.3, -0.25) is 9.89 Å². The van der Waals surface area contributed by atoms with Gasteiger partial charge in [0.25, 0.3) is 0 Å². The van der Waals surface area contributed by atoms with Gasteiger partial charge in [-0.05, 0) is 31.0 Å². The van der Waals surface area contributed by atoms with Crippen LogP contribution in [0.1, 0.15) is 29.6 Å². The van der Waals surface area contributed by atoms with Gasteiger partial charge >= 0.3 is 0 Å². The van der Waals surface area contributed by atoms with Gasteiger partial charge in [0.05, 0.1) is 13.7 Å². The van der Waals surface area contributed by atoms with Gasteiger partial charge in [0.1, 0.15) is 11.6 Å². The molecule has 1 aromatic carbocycles. The molecule has 1 aromatic heterocycles. The number of hydrogen-bond donors (Lipinski definition) is 1. The molecule has 0 saturated carbocycles. The third-order valence-corrected chi connectivity index (χ3v) is 4.91. The zero-order chi connectivity index (χ0) is 18.5. The van der Waals surface area contributed by atoms with Crippen molar-refractivity contribution in [3.05, 3.63) is 41.5 Å². The lowest BCUT2D eigenvalue weighted by atomic mass is 9.96. The number of H-pyrrole nitrogens is 1. The summed E-state index contributed by atoms with van der Waals surface area (Å²) in [6, 6.07) is 7.85. The van der Waals surface area contributed by atoms with Gasteiger partial charge in [-0.15, -0.1) is 0 Å². The lowest BCUT2D eigenvalue weighted by molar-refractivity contribution is -0.130. The Bertz CT molecular complexity index is 729. The highest BCUT2D eigenvalue weighted by molar-refractivity contribution is 5.77. The van der Waals surface area contributed by atoms with E-state index in [4.69, 9.17) is 9.47 Å². The molecule has 2 atom stereocenters. The number of likely N-dealkylation sites (tertiary alicyclic amines) is 1. The molecule has 26 heavy (non-hydrogen) atoms. The molecule has 0 bridgehead atoms. The second kappa shape index (κ2) is 8.31. The van der Waals surface area contributed by atoms with E-state index >= 15 is 0 Å². The number of nitrogens with one attached hydrogen (secondary N) is 1. The quantitative estimate of drug-likeness (QED) is 0.818. The zero-order valence-electron chi connectivity index (χ0n) is 15.6. The van der Waals surface area contributed by atoms with E-state index in [1.807, 2.05) is 36.1 Å². The maximum Gasteiger partial charge on any atom is 0.222 e. The van der Waals surface area contributed by atoms with Crippen molar-refractivity contribution in [2.24, 2.45) is 5.92 Å². The molecule has 1 fully saturated rings. The smallest absolute Gasteiger partial charge is 0.222 e. The predicted octanol–water partition coefficient (Wildman–Crippen LogP) is 1.94. The van der Waals surface area contributed by atoms with E-state index in [-0.39, 0.29) is 17.7 Å². The third-order valence-electron chi connectivity index (χ3n) is 4.91. The van der Waals surface area contributed by atoms with E-state index in [1.165, 1.54) is 0 Å². The summed E-state index contributed by atoms with van der Waals surface area (Å²) in [4.78, 5) is 19.1. The van der Waals surface area contributed by atoms with Crippen LogP contribution in [0, 0.1) is 12.8 Å². The Hall–Kier alpha value is -2.41. The average Bonchev–Trinajstić information content (AvgIpc) is 3.26. The van der Waals surface area contributed by atoms with Crippen molar-refractivity contribution in [1.29, 1.82) is 0 Å². The van der Waals surface area contributed by atoms with Crippen molar-refractivity contribution in [3.63, 3.8) is 0 Å². The standard InChI is InChI=1S/C19H26N4O3/c1-13-20-19(22-21-13)17-11-23(10-15(17)12-25-2)18(24)9-6-14-4-7-16(26-3)8-5-14/h4-5,7-8,15,17H,6,9-12H2,1-3H3,(H,20,21,22). The maximum absolute atomic E-state index is 12.7. The highest BCUT2D eigenvalue weighted by atomic mass is 16.5. The number of aromatic amines is 1. The minimum atomic E-state index is 0.116. The molecule has 1 amide bonds. The molecule has 1 saturated heterocycles. The van der Waals surface area contributed by atoms with E-state index in [2.05, 4.69) is 15.2 Å².